The van der Waals surface area contributed by atoms with Gasteiger partial charge in [-0.3, -0.25) is 0 Å². The number of hydrogen-bond acceptors (Lipinski definition) is 3. The highest BCUT2D eigenvalue weighted by atomic mass is 15.0. The fraction of sp³-hybridized carbons (Fsp3) is 0.250. The molecule has 2 aromatic rings. The highest BCUT2D eigenvalue weighted by Crippen LogP contribution is 2.08. The van der Waals surface area contributed by atoms with E-state index in [9.17, 15) is 0 Å². The Hall–Kier alpha value is -1.42. The average molecular weight is 162 g/mol. The third kappa shape index (κ3) is 1.06. The minimum Gasteiger partial charge on any atom is -0.341 e. The number of nitrogens with two attached hydrogens (primary N) is 1. The van der Waals surface area contributed by atoms with E-state index in [4.69, 9.17) is 5.73 Å². The molecular weight excluding hydrogens is 152 g/mol. The lowest BCUT2D eigenvalue weighted by Crippen LogP contribution is -1.98. The molecule has 2 aromatic heterocycles. The topological polar surface area (TPSA) is 67.6 Å². The van der Waals surface area contributed by atoms with Gasteiger partial charge in [-0.2, -0.15) is 0 Å². The summed E-state index contributed by atoms with van der Waals surface area (Å²) in [6.07, 6.45) is 0. The van der Waals surface area contributed by atoms with Gasteiger partial charge in [0.15, 0.2) is 5.65 Å². The fourth-order valence-corrected chi connectivity index (χ4v) is 1.17. The zero-order valence-corrected chi connectivity index (χ0v) is 6.83. The van der Waals surface area contributed by atoms with Crippen LogP contribution in [0.15, 0.2) is 12.1 Å². The molecular formula is C8H10N4. The second kappa shape index (κ2) is 2.57. The quantitative estimate of drug-likeness (QED) is 0.649. The first kappa shape index (κ1) is 7.24. The number of fused-ring (bicyclic) bond motifs is 1. The van der Waals surface area contributed by atoms with E-state index in [-0.39, 0.29) is 0 Å². The summed E-state index contributed by atoms with van der Waals surface area (Å²) in [6, 6.07) is 3.85. The minimum atomic E-state index is 0.460. The summed E-state index contributed by atoms with van der Waals surface area (Å²) in [4.78, 5) is 11.5. The zero-order valence-electron chi connectivity index (χ0n) is 6.83. The first-order valence-corrected chi connectivity index (χ1v) is 3.82. The molecule has 0 aliphatic heterocycles. The third-order valence-electron chi connectivity index (χ3n) is 1.73. The van der Waals surface area contributed by atoms with Gasteiger partial charge >= 0.3 is 0 Å². The Labute approximate surface area is 69.8 Å². The molecule has 2 heterocycles. The lowest BCUT2D eigenvalue weighted by atomic mass is 10.3. The number of aromatic amines is 1. The highest BCUT2D eigenvalue weighted by molar-refractivity contribution is 5.70. The van der Waals surface area contributed by atoms with E-state index in [0.717, 1.165) is 22.7 Å². The van der Waals surface area contributed by atoms with Gasteiger partial charge < -0.3 is 10.7 Å². The van der Waals surface area contributed by atoms with E-state index in [2.05, 4.69) is 15.0 Å². The van der Waals surface area contributed by atoms with Crippen LogP contribution in [0.3, 0.4) is 0 Å². The Morgan fingerprint density at radius 3 is 3.00 bits per heavy atom. The molecule has 0 aliphatic rings. The maximum absolute atomic E-state index is 5.45. The van der Waals surface area contributed by atoms with Crippen LogP contribution in [0, 0.1) is 6.92 Å². The molecule has 0 spiro atoms. The third-order valence-corrected chi connectivity index (χ3v) is 1.73. The molecule has 0 unspecified atom stereocenters. The summed E-state index contributed by atoms with van der Waals surface area (Å²) in [6.45, 7) is 2.37. The fourth-order valence-electron chi connectivity index (χ4n) is 1.17. The summed E-state index contributed by atoms with van der Waals surface area (Å²) in [5, 5.41) is 0. The first-order chi connectivity index (χ1) is 5.79. The molecule has 0 saturated carbocycles. The molecule has 0 aliphatic carbocycles. The summed E-state index contributed by atoms with van der Waals surface area (Å²) < 4.78 is 0. The second-order valence-corrected chi connectivity index (χ2v) is 2.70. The van der Waals surface area contributed by atoms with E-state index in [1.54, 1.807) is 0 Å². The molecule has 0 atom stereocenters. The first-order valence-electron chi connectivity index (χ1n) is 3.82. The van der Waals surface area contributed by atoms with Crippen LogP contribution in [0.4, 0.5) is 0 Å². The van der Waals surface area contributed by atoms with Crippen molar-refractivity contribution in [3.05, 3.63) is 23.7 Å². The normalized spacial score (nSPS) is 10.8. The van der Waals surface area contributed by atoms with Crippen LogP contribution in [-0.2, 0) is 6.54 Å². The van der Waals surface area contributed by atoms with Gasteiger partial charge in [0.1, 0.15) is 5.82 Å². The van der Waals surface area contributed by atoms with Gasteiger partial charge in [0.05, 0.1) is 11.2 Å². The Morgan fingerprint density at radius 1 is 1.42 bits per heavy atom. The molecule has 0 fully saturated rings. The predicted molar refractivity (Wildman–Crippen MR) is 46.5 cm³/mol. The number of rotatable bonds is 1. The molecule has 4 nitrogen and oxygen atoms in total. The van der Waals surface area contributed by atoms with Crippen molar-refractivity contribution in [1.82, 2.24) is 15.0 Å². The predicted octanol–water partition coefficient (Wildman–Crippen LogP) is 0.725. The van der Waals surface area contributed by atoms with Crippen LogP contribution in [0.2, 0.25) is 0 Å². The smallest absolute Gasteiger partial charge is 0.177 e. The number of nitrogens with zero attached hydrogens (tertiary/aromatic N) is 2. The lowest BCUT2D eigenvalue weighted by molar-refractivity contribution is 1.00. The molecule has 62 valence electrons. The van der Waals surface area contributed by atoms with Gasteiger partial charge in [0, 0.05) is 6.54 Å². The summed E-state index contributed by atoms with van der Waals surface area (Å²) in [7, 11) is 0. The number of aryl methyl sites for hydroxylation is 1. The second-order valence-electron chi connectivity index (χ2n) is 2.70. The highest BCUT2D eigenvalue weighted by Gasteiger charge is 2.00. The summed E-state index contributed by atoms with van der Waals surface area (Å²) >= 11 is 0. The van der Waals surface area contributed by atoms with Crippen LogP contribution < -0.4 is 5.73 Å². The number of imidazole rings is 1. The number of pyridine rings is 1. The largest absolute Gasteiger partial charge is 0.341 e. The molecule has 12 heavy (non-hydrogen) atoms. The number of H-pyrrole nitrogens is 1. The number of aromatic nitrogens is 3. The zero-order chi connectivity index (χ0) is 8.55. The Balaban J connectivity index is 2.66. The molecule has 2 rings (SSSR count). The van der Waals surface area contributed by atoms with Crippen molar-refractivity contribution in [3.8, 4) is 0 Å². The molecule has 0 aromatic carbocycles. The van der Waals surface area contributed by atoms with E-state index in [1.165, 1.54) is 0 Å². The van der Waals surface area contributed by atoms with E-state index >= 15 is 0 Å². The minimum absolute atomic E-state index is 0.460. The maximum Gasteiger partial charge on any atom is 0.177 e. The van der Waals surface area contributed by atoms with E-state index < -0.39 is 0 Å². The van der Waals surface area contributed by atoms with Crippen molar-refractivity contribution in [2.45, 2.75) is 13.5 Å². The summed E-state index contributed by atoms with van der Waals surface area (Å²) in [5.74, 6) is 0.881. The van der Waals surface area contributed by atoms with Crippen molar-refractivity contribution >= 4 is 11.2 Å². The number of nitrogens with one attached hydrogen (secondary N) is 1. The van der Waals surface area contributed by atoms with Crippen LogP contribution in [-0.4, -0.2) is 15.0 Å². The average Bonchev–Trinajstić information content (AvgIpc) is 2.43. The van der Waals surface area contributed by atoms with Crippen molar-refractivity contribution in [3.63, 3.8) is 0 Å². The molecule has 0 bridgehead atoms. The Bertz CT molecular complexity index is 404. The SMILES string of the molecule is Cc1nc2nc(CN)ccc2[nH]1. The van der Waals surface area contributed by atoms with Crippen molar-refractivity contribution in [2.75, 3.05) is 0 Å². The van der Waals surface area contributed by atoms with Crippen LogP contribution in [0.25, 0.3) is 11.2 Å². The van der Waals surface area contributed by atoms with Crippen molar-refractivity contribution in [2.24, 2.45) is 5.73 Å². The number of hydrogen-bond donors (Lipinski definition) is 2. The van der Waals surface area contributed by atoms with Crippen LogP contribution in [0.5, 0.6) is 0 Å². The Kier molecular flexibility index (Phi) is 1.55. The molecule has 0 radical (unpaired) electrons. The Morgan fingerprint density at radius 2 is 2.25 bits per heavy atom. The van der Waals surface area contributed by atoms with Gasteiger partial charge in [-0.25, -0.2) is 9.97 Å². The van der Waals surface area contributed by atoms with Gasteiger partial charge in [-0.1, -0.05) is 0 Å². The van der Waals surface area contributed by atoms with E-state index in [1.807, 2.05) is 19.1 Å². The van der Waals surface area contributed by atoms with Crippen LogP contribution >= 0.6 is 0 Å². The molecule has 0 saturated heterocycles. The maximum atomic E-state index is 5.45. The van der Waals surface area contributed by atoms with Crippen molar-refractivity contribution in [1.29, 1.82) is 0 Å². The summed E-state index contributed by atoms with van der Waals surface area (Å²) in [5.41, 5.74) is 8.03. The lowest BCUT2D eigenvalue weighted by Gasteiger charge is -1.92. The monoisotopic (exact) mass is 162 g/mol. The van der Waals surface area contributed by atoms with Gasteiger partial charge in [-0.15, -0.1) is 0 Å². The molecule has 4 heteroatoms. The standard InChI is InChI=1S/C8H10N4/c1-5-10-7-3-2-6(4-9)12-8(7)11-5/h2-3H,4,9H2,1H3,(H,10,11,12). The van der Waals surface area contributed by atoms with Gasteiger partial charge in [0.25, 0.3) is 0 Å². The van der Waals surface area contributed by atoms with E-state index in [0.29, 0.717) is 6.54 Å². The van der Waals surface area contributed by atoms with Crippen LogP contribution in [0.1, 0.15) is 11.5 Å². The molecule has 3 N–H and O–H groups in total. The van der Waals surface area contributed by atoms with Gasteiger partial charge in [0.2, 0.25) is 0 Å². The molecule has 0 amide bonds. The van der Waals surface area contributed by atoms with Crippen molar-refractivity contribution < 1.29 is 0 Å². The van der Waals surface area contributed by atoms with Gasteiger partial charge in [-0.05, 0) is 19.1 Å².